The zero-order valence-electron chi connectivity index (χ0n) is 23.5. The van der Waals surface area contributed by atoms with Gasteiger partial charge in [-0.2, -0.15) is 0 Å². The molecule has 4 atom stereocenters. The van der Waals surface area contributed by atoms with Crippen LogP contribution >= 0.6 is 0 Å². The van der Waals surface area contributed by atoms with Crippen molar-refractivity contribution in [2.45, 2.75) is 78.9 Å². The highest BCUT2D eigenvalue weighted by atomic mass is 16.5. The number of amides is 2. The molecule has 0 aromatic heterocycles. The van der Waals surface area contributed by atoms with Crippen LogP contribution in [0.15, 0.2) is 42.0 Å². The van der Waals surface area contributed by atoms with E-state index in [9.17, 15) is 14.4 Å². The number of hydrogen-bond acceptors (Lipinski definition) is 5. The van der Waals surface area contributed by atoms with E-state index < -0.39 is 11.5 Å². The third-order valence-electron chi connectivity index (χ3n) is 7.04. The molecule has 1 N–H and O–H groups in total. The van der Waals surface area contributed by atoms with Gasteiger partial charge in [-0.15, -0.1) is 0 Å². The number of likely N-dealkylation sites (N-methyl/N-ethyl adjacent to an activating group) is 2. The number of nitrogens with zero attached hydrogens (tertiary/aromatic N) is 2. The second kappa shape index (κ2) is 12.5. The van der Waals surface area contributed by atoms with E-state index in [-0.39, 0.29) is 41.7 Å². The Hall–Kier alpha value is -2.67. The Bertz CT molecular complexity index is 936. The van der Waals surface area contributed by atoms with Crippen LogP contribution in [0.3, 0.4) is 0 Å². The first kappa shape index (κ1) is 29.6. The number of esters is 1. The average molecular weight is 500 g/mol. The molecular weight excluding hydrogens is 454 g/mol. The normalized spacial score (nSPS) is 20.7. The fraction of sp³-hybridized carbons (Fsp3) is 0.621. The highest BCUT2D eigenvalue weighted by molar-refractivity contribution is 5.91. The Balaban J connectivity index is 2.30. The van der Waals surface area contributed by atoms with E-state index in [1.165, 1.54) is 0 Å². The van der Waals surface area contributed by atoms with Gasteiger partial charge in [0.05, 0.1) is 18.7 Å². The molecule has 2 rings (SSSR count). The Morgan fingerprint density at radius 1 is 1.19 bits per heavy atom. The molecule has 1 aliphatic heterocycles. The number of carbonyl (C=O) groups excluding carboxylic acids is 3. The molecule has 0 saturated carbocycles. The van der Waals surface area contributed by atoms with Crippen molar-refractivity contribution in [2.24, 2.45) is 11.3 Å². The lowest BCUT2D eigenvalue weighted by Crippen LogP contribution is -2.59. The summed E-state index contributed by atoms with van der Waals surface area (Å²) in [7, 11) is 3.70. The van der Waals surface area contributed by atoms with Gasteiger partial charge in [0.1, 0.15) is 6.04 Å². The zero-order valence-corrected chi connectivity index (χ0v) is 23.5. The Kier molecular flexibility index (Phi) is 10.3. The van der Waals surface area contributed by atoms with Crippen molar-refractivity contribution < 1.29 is 19.1 Å². The van der Waals surface area contributed by atoms with E-state index in [2.05, 4.69) is 22.3 Å². The van der Waals surface area contributed by atoms with Gasteiger partial charge >= 0.3 is 5.97 Å². The molecule has 0 aliphatic carbocycles. The van der Waals surface area contributed by atoms with Gasteiger partial charge in [0.2, 0.25) is 11.8 Å². The van der Waals surface area contributed by atoms with Crippen LogP contribution in [0, 0.1) is 11.3 Å². The molecule has 0 spiro atoms. The van der Waals surface area contributed by atoms with Gasteiger partial charge in [-0.05, 0) is 50.8 Å². The van der Waals surface area contributed by atoms with Crippen LogP contribution in [0.4, 0.5) is 0 Å². The standard InChI is InChI=1S/C29H45N3O4/c1-10-36-28(35)20(4)18-23(19(2)3)32(9)27(34)25(29(5,6)7)30-26(33)24-22(16-17-31(24)8)21-14-12-11-13-15-21/h11-15,18-19,22-25H,10,16-17H2,1-9H3,(H,30,33)/b20-18+/t22-,23-,24?,25-/m1/s1. The third kappa shape index (κ3) is 7.19. The number of carbonyl (C=O) groups is 3. The van der Waals surface area contributed by atoms with E-state index in [4.69, 9.17) is 4.74 Å². The minimum atomic E-state index is -0.724. The first-order valence-electron chi connectivity index (χ1n) is 13.0. The highest BCUT2D eigenvalue weighted by Gasteiger charge is 2.42. The Morgan fingerprint density at radius 3 is 2.33 bits per heavy atom. The van der Waals surface area contributed by atoms with Crippen molar-refractivity contribution in [1.82, 2.24) is 15.1 Å². The number of likely N-dealkylation sites (tertiary alicyclic amines) is 1. The van der Waals surface area contributed by atoms with Gasteiger partial charge in [0, 0.05) is 18.5 Å². The van der Waals surface area contributed by atoms with Gasteiger partial charge in [0.15, 0.2) is 0 Å². The second-order valence-electron chi connectivity index (χ2n) is 11.3. The van der Waals surface area contributed by atoms with Gasteiger partial charge in [0.25, 0.3) is 0 Å². The summed E-state index contributed by atoms with van der Waals surface area (Å²) in [5, 5.41) is 3.12. The lowest BCUT2D eigenvalue weighted by Gasteiger charge is -2.38. The number of ether oxygens (including phenoxy) is 1. The van der Waals surface area contributed by atoms with Gasteiger partial charge in [-0.1, -0.05) is 71.0 Å². The molecule has 1 unspecified atom stereocenters. The minimum Gasteiger partial charge on any atom is -0.463 e. The molecule has 36 heavy (non-hydrogen) atoms. The fourth-order valence-electron chi connectivity index (χ4n) is 4.93. The summed E-state index contributed by atoms with van der Waals surface area (Å²) in [4.78, 5) is 43.4. The molecule has 1 heterocycles. The summed E-state index contributed by atoms with van der Waals surface area (Å²) in [5.74, 6) is -0.573. The molecule has 200 valence electrons. The summed E-state index contributed by atoms with van der Waals surface area (Å²) in [6, 6.07) is 8.71. The first-order valence-corrected chi connectivity index (χ1v) is 13.0. The maximum absolute atomic E-state index is 13.8. The monoisotopic (exact) mass is 499 g/mol. The SMILES string of the molecule is CCOC(=O)/C(C)=C/[C@H](C(C)C)N(C)C(=O)[C@@H](NC(=O)C1[C@@H](c2ccccc2)CCN1C)C(C)(C)C. The topological polar surface area (TPSA) is 79.0 Å². The molecule has 7 nitrogen and oxygen atoms in total. The van der Waals surface area contributed by atoms with Crippen molar-refractivity contribution in [3.05, 3.63) is 47.5 Å². The molecule has 2 amide bonds. The van der Waals surface area contributed by atoms with E-state index >= 15 is 0 Å². The van der Waals surface area contributed by atoms with Crippen molar-refractivity contribution >= 4 is 17.8 Å². The minimum absolute atomic E-state index is 0.0584. The fourth-order valence-corrected chi connectivity index (χ4v) is 4.93. The summed E-state index contributed by atoms with van der Waals surface area (Å²) in [5.41, 5.74) is 1.09. The molecule has 1 saturated heterocycles. The van der Waals surface area contributed by atoms with Crippen LogP contribution in [0.25, 0.3) is 0 Å². The maximum Gasteiger partial charge on any atom is 0.333 e. The Morgan fingerprint density at radius 2 is 1.81 bits per heavy atom. The van der Waals surface area contributed by atoms with Crippen molar-refractivity contribution in [1.29, 1.82) is 0 Å². The summed E-state index contributed by atoms with van der Waals surface area (Å²) < 4.78 is 5.12. The molecule has 1 fully saturated rings. The lowest BCUT2D eigenvalue weighted by molar-refractivity contribution is -0.141. The highest BCUT2D eigenvalue weighted by Crippen LogP contribution is 2.33. The quantitative estimate of drug-likeness (QED) is 0.410. The van der Waals surface area contributed by atoms with Crippen LogP contribution < -0.4 is 5.32 Å². The van der Waals surface area contributed by atoms with Crippen LogP contribution in [0.1, 0.15) is 66.4 Å². The van der Waals surface area contributed by atoms with Gasteiger partial charge < -0.3 is 15.0 Å². The van der Waals surface area contributed by atoms with Crippen LogP contribution in [-0.2, 0) is 19.1 Å². The molecule has 0 bridgehead atoms. The van der Waals surface area contributed by atoms with E-state index in [0.29, 0.717) is 12.2 Å². The molecule has 1 aromatic carbocycles. The first-order chi connectivity index (χ1) is 16.8. The zero-order chi connectivity index (χ0) is 27.2. The van der Waals surface area contributed by atoms with E-state index in [0.717, 1.165) is 18.5 Å². The van der Waals surface area contributed by atoms with Crippen LogP contribution in [0.5, 0.6) is 0 Å². The summed E-state index contributed by atoms with van der Waals surface area (Å²) >= 11 is 0. The second-order valence-corrected chi connectivity index (χ2v) is 11.3. The summed E-state index contributed by atoms with van der Waals surface area (Å²) in [6.45, 7) is 14.5. The predicted octanol–water partition coefficient (Wildman–Crippen LogP) is 4.00. The molecule has 0 radical (unpaired) electrons. The third-order valence-corrected chi connectivity index (χ3v) is 7.04. The lowest BCUT2D eigenvalue weighted by atomic mass is 9.84. The Labute approximate surface area is 217 Å². The number of nitrogens with one attached hydrogen (secondary N) is 1. The van der Waals surface area contributed by atoms with Gasteiger partial charge in [-0.3, -0.25) is 14.5 Å². The molecule has 1 aliphatic rings. The van der Waals surface area contributed by atoms with Crippen molar-refractivity contribution in [3.63, 3.8) is 0 Å². The number of hydrogen-bond donors (Lipinski definition) is 1. The van der Waals surface area contributed by atoms with Gasteiger partial charge in [-0.25, -0.2) is 4.79 Å². The van der Waals surface area contributed by atoms with Crippen molar-refractivity contribution in [3.8, 4) is 0 Å². The maximum atomic E-state index is 13.8. The van der Waals surface area contributed by atoms with Crippen molar-refractivity contribution in [2.75, 3.05) is 27.2 Å². The largest absolute Gasteiger partial charge is 0.463 e. The molecular formula is C29H45N3O4. The summed E-state index contributed by atoms with van der Waals surface area (Å²) in [6.07, 6.45) is 2.68. The smallest absolute Gasteiger partial charge is 0.333 e. The number of rotatable bonds is 9. The van der Waals surface area contributed by atoms with E-state index in [1.54, 1.807) is 31.9 Å². The average Bonchev–Trinajstić information content (AvgIpc) is 3.21. The van der Waals surface area contributed by atoms with Crippen LogP contribution in [0.2, 0.25) is 0 Å². The number of benzene rings is 1. The molecule has 1 aromatic rings. The van der Waals surface area contributed by atoms with Crippen LogP contribution in [-0.4, -0.2) is 73.0 Å². The molecule has 7 heteroatoms. The predicted molar refractivity (Wildman–Crippen MR) is 143 cm³/mol. The van der Waals surface area contributed by atoms with E-state index in [1.807, 2.05) is 59.9 Å².